The van der Waals surface area contributed by atoms with Crippen LogP contribution >= 0.6 is 0 Å². The number of aromatic nitrogens is 2. The highest BCUT2D eigenvalue weighted by atomic mass is 19.4. The van der Waals surface area contributed by atoms with Crippen molar-refractivity contribution in [2.75, 3.05) is 24.5 Å². The molecule has 0 aliphatic carbocycles. The fourth-order valence-electron chi connectivity index (χ4n) is 3.97. The first kappa shape index (κ1) is 30.5. The second-order valence-corrected chi connectivity index (χ2v) is 8.68. The molecule has 4 heterocycles. The molecule has 1 amide bonds. The number of nitrogens with zero attached hydrogens (tertiary/aromatic N) is 4. The van der Waals surface area contributed by atoms with Gasteiger partial charge in [0.2, 0.25) is 5.91 Å². The maximum absolute atomic E-state index is 12.5. The SMILES string of the molecule is Cc1cccc(CN2CCC3(CC(=O)N(c4ccccn4)C3)C2)n1.O=C(O)C(F)(F)F.O=C(O)C(F)(F)F. The quantitative estimate of drug-likeness (QED) is 0.555. The molecule has 1 unspecified atom stereocenters. The van der Waals surface area contributed by atoms with Crippen molar-refractivity contribution in [3.63, 3.8) is 0 Å². The van der Waals surface area contributed by atoms with Crippen LogP contribution in [-0.4, -0.2) is 74.9 Å². The Labute approximate surface area is 212 Å². The van der Waals surface area contributed by atoms with E-state index >= 15 is 0 Å². The minimum absolute atomic E-state index is 0.0679. The van der Waals surface area contributed by atoms with Gasteiger partial charge in [-0.05, 0) is 44.2 Å². The lowest BCUT2D eigenvalue weighted by molar-refractivity contribution is -0.193. The smallest absolute Gasteiger partial charge is 0.475 e. The molecule has 38 heavy (non-hydrogen) atoms. The second-order valence-electron chi connectivity index (χ2n) is 8.68. The Morgan fingerprint density at radius 2 is 1.58 bits per heavy atom. The maximum Gasteiger partial charge on any atom is 0.490 e. The Hall–Kier alpha value is -3.75. The summed E-state index contributed by atoms with van der Waals surface area (Å²) in [6, 6.07) is 11.9. The number of carbonyl (C=O) groups is 3. The molecule has 1 spiro atoms. The fraction of sp³-hybridized carbons (Fsp3) is 0.435. The molecule has 0 radical (unpaired) electrons. The number of likely N-dealkylation sites (tertiary alicyclic amines) is 1. The lowest BCUT2D eigenvalue weighted by atomic mass is 9.86. The molecule has 2 fully saturated rings. The van der Waals surface area contributed by atoms with Crippen molar-refractivity contribution < 1.29 is 50.9 Å². The third kappa shape index (κ3) is 8.97. The van der Waals surface area contributed by atoms with Gasteiger partial charge in [-0.3, -0.25) is 19.6 Å². The molecule has 2 N–H and O–H groups in total. The summed E-state index contributed by atoms with van der Waals surface area (Å²) in [6.45, 7) is 5.65. The van der Waals surface area contributed by atoms with Crippen LogP contribution in [0.15, 0.2) is 42.6 Å². The molecule has 0 aromatic carbocycles. The average Bonchev–Trinajstić information content (AvgIpc) is 3.35. The molecule has 4 rings (SSSR count). The Balaban J connectivity index is 0.000000301. The van der Waals surface area contributed by atoms with Crippen LogP contribution in [0.5, 0.6) is 0 Å². The monoisotopic (exact) mass is 550 g/mol. The first-order chi connectivity index (χ1) is 17.5. The van der Waals surface area contributed by atoms with Crippen LogP contribution < -0.4 is 4.90 Å². The van der Waals surface area contributed by atoms with E-state index in [2.05, 4.69) is 27.0 Å². The largest absolute Gasteiger partial charge is 0.490 e. The summed E-state index contributed by atoms with van der Waals surface area (Å²) in [5, 5.41) is 14.2. The predicted molar refractivity (Wildman–Crippen MR) is 120 cm³/mol. The number of rotatable bonds is 3. The van der Waals surface area contributed by atoms with Gasteiger partial charge < -0.3 is 10.2 Å². The lowest BCUT2D eigenvalue weighted by Crippen LogP contribution is -2.31. The molecule has 208 valence electrons. The van der Waals surface area contributed by atoms with E-state index in [1.165, 1.54) is 0 Å². The number of pyridine rings is 2. The number of aliphatic carboxylic acids is 2. The van der Waals surface area contributed by atoms with Gasteiger partial charge in [0.25, 0.3) is 0 Å². The topological polar surface area (TPSA) is 124 Å². The van der Waals surface area contributed by atoms with Crippen LogP contribution in [0.1, 0.15) is 24.2 Å². The highest BCUT2D eigenvalue weighted by Gasteiger charge is 2.48. The number of alkyl halides is 6. The van der Waals surface area contributed by atoms with Gasteiger partial charge in [0.05, 0.1) is 5.69 Å². The van der Waals surface area contributed by atoms with Crippen molar-refractivity contribution >= 4 is 23.7 Å². The van der Waals surface area contributed by atoms with Crippen LogP contribution in [0, 0.1) is 12.3 Å². The Morgan fingerprint density at radius 1 is 0.974 bits per heavy atom. The summed E-state index contributed by atoms with van der Waals surface area (Å²) in [4.78, 5) is 43.5. The summed E-state index contributed by atoms with van der Waals surface area (Å²) < 4.78 is 63.5. The first-order valence-electron chi connectivity index (χ1n) is 11.0. The number of hydrogen-bond acceptors (Lipinski definition) is 6. The van der Waals surface area contributed by atoms with Gasteiger partial charge in [0.1, 0.15) is 5.82 Å². The van der Waals surface area contributed by atoms with E-state index in [1.54, 1.807) is 6.20 Å². The van der Waals surface area contributed by atoms with Gasteiger partial charge in [-0.15, -0.1) is 0 Å². The van der Waals surface area contributed by atoms with Crippen molar-refractivity contribution in [2.45, 2.75) is 38.7 Å². The Morgan fingerprint density at radius 3 is 2.08 bits per heavy atom. The molecule has 0 bridgehead atoms. The van der Waals surface area contributed by atoms with E-state index < -0.39 is 24.3 Å². The van der Waals surface area contributed by atoms with Crippen LogP contribution in [0.2, 0.25) is 0 Å². The minimum Gasteiger partial charge on any atom is -0.475 e. The van der Waals surface area contributed by atoms with Gasteiger partial charge in [0.15, 0.2) is 0 Å². The summed E-state index contributed by atoms with van der Waals surface area (Å²) in [5.41, 5.74) is 2.23. The van der Waals surface area contributed by atoms with Gasteiger partial charge >= 0.3 is 24.3 Å². The van der Waals surface area contributed by atoms with Crippen LogP contribution in [0.25, 0.3) is 0 Å². The highest BCUT2D eigenvalue weighted by molar-refractivity contribution is 5.95. The van der Waals surface area contributed by atoms with Gasteiger partial charge in [-0.25, -0.2) is 14.6 Å². The van der Waals surface area contributed by atoms with E-state index in [9.17, 15) is 31.1 Å². The molecular formula is C23H24F6N4O5. The molecular weight excluding hydrogens is 526 g/mol. The third-order valence-electron chi connectivity index (χ3n) is 5.58. The molecule has 15 heteroatoms. The molecule has 2 aromatic heterocycles. The predicted octanol–water partition coefficient (Wildman–Crippen LogP) is 3.68. The number of carboxylic acids is 2. The van der Waals surface area contributed by atoms with E-state index in [1.807, 2.05) is 36.1 Å². The lowest BCUT2D eigenvalue weighted by Gasteiger charge is -2.23. The van der Waals surface area contributed by atoms with Crippen LogP contribution in [-0.2, 0) is 20.9 Å². The van der Waals surface area contributed by atoms with Crippen molar-refractivity contribution in [3.05, 3.63) is 54.0 Å². The second kappa shape index (κ2) is 12.2. The Kier molecular flexibility index (Phi) is 9.78. The number of anilines is 1. The third-order valence-corrected chi connectivity index (χ3v) is 5.58. The summed E-state index contributed by atoms with van der Waals surface area (Å²) in [7, 11) is 0. The van der Waals surface area contributed by atoms with Crippen LogP contribution in [0.4, 0.5) is 32.2 Å². The standard InChI is InChI=1S/C19H22N4O.2C2HF3O2/c1-15-5-4-6-16(21-15)12-22-10-8-19(13-22)11-18(24)23(14-19)17-7-2-3-9-20-17;2*3-2(4,5)1(6)7/h2-7,9H,8,10-14H2,1H3;2*(H,6,7). The normalized spacial score (nSPS) is 19.4. The van der Waals surface area contributed by atoms with Crippen molar-refractivity contribution in [3.8, 4) is 0 Å². The highest BCUT2D eigenvalue weighted by Crippen LogP contribution is 2.41. The van der Waals surface area contributed by atoms with E-state index in [4.69, 9.17) is 19.8 Å². The van der Waals surface area contributed by atoms with Crippen LogP contribution in [0.3, 0.4) is 0 Å². The molecule has 9 nitrogen and oxygen atoms in total. The van der Waals surface area contributed by atoms with Crippen molar-refractivity contribution in [2.24, 2.45) is 5.41 Å². The van der Waals surface area contributed by atoms with Crippen molar-refractivity contribution in [1.29, 1.82) is 0 Å². The van der Waals surface area contributed by atoms with Gasteiger partial charge in [-0.2, -0.15) is 26.3 Å². The van der Waals surface area contributed by atoms with E-state index in [0.29, 0.717) is 6.42 Å². The minimum atomic E-state index is -5.08. The number of aryl methyl sites for hydroxylation is 1. The molecule has 1 atom stereocenters. The first-order valence-corrected chi connectivity index (χ1v) is 11.0. The number of hydrogen-bond donors (Lipinski definition) is 2. The fourth-order valence-corrected chi connectivity index (χ4v) is 3.97. The zero-order valence-corrected chi connectivity index (χ0v) is 20.0. The zero-order chi connectivity index (χ0) is 28.7. The molecule has 2 aliphatic rings. The van der Waals surface area contributed by atoms with E-state index in [0.717, 1.165) is 49.8 Å². The number of halogens is 6. The average molecular weight is 550 g/mol. The molecule has 2 saturated heterocycles. The number of carbonyl (C=O) groups excluding carboxylic acids is 1. The molecule has 2 aliphatic heterocycles. The maximum atomic E-state index is 12.5. The van der Waals surface area contributed by atoms with Gasteiger partial charge in [-0.1, -0.05) is 12.1 Å². The Bertz CT molecular complexity index is 1110. The van der Waals surface area contributed by atoms with E-state index in [-0.39, 0.29) is 11.3 Å². The molecule has 2 aromatic rings. The molecule has 0 saturated carbocycles. The summed E-state index contributed by atoms with van der Waals surface area (Å²) >= 11 is 0. The summed E-state index contributed by atoms with van der Waals surface area (Å²) in [5.74, 6) is -4.54. The zero-order valence-electron chi connectivity index (χ0n) is 20.0. The summed E-state index contributed by atoms with van der Waals surface area (Å²) in [6.07, 6.45) is -6.73. The van der Waals surface area contributed by atoms with Gasteiger partial charge in [0, 0.05) is 43.4 Å². The number of amides is 1. The number of carboxylic acid groups (broad SMARTS) is 2. The van der Waals surface area contributed by atoms with Crippen molar-refractivity contribution in [1.82, 2.24) is 14.9 Å².